The van der Waals surface area contributed by atoms with Crippen molar-refractivity contribution in [2.75, 3.05) is 6.54 Å². The molecule has 1 aliphatic rings. The van der Waals surface area contributed by atoms with Crippen LogP contribution in [-0.2, 0) is 13.2 Å². The first-order chi connectivity index (χ1) is 9.85. The normalized spacial score (nSPS) is 14.4. The standard InChI is InChI=1S/C15H19N3O2/c1-2-16-9-11-4-3-5-13(8-11)19-10-14-17-15(18-20-14)12-6-7-12/h3-5,8,12,16H,2,6-7,9-10H2,1H3. The second kappa shape index (κ2) is 6.05. The molecule has 2 aromatic rings. The Morgan fingerprint density at radius 2 is 2.30 bits per heavy atom. The highest BCUT2D eigenvalue weighted by Gasteiger charge is 2.28. The van der Waals surface area contributed by atoms with E-state index in [4.69, 9.17) is 9.26 Å². The highest BCUT2D eigenvalue weighted by Crippen LogP contribution is 2.38. The minimum absolute atomic E-state index is 0.324. The molecule has 0 aliphatic heterocycles. The van der Waals surface area contributed by atoms with E-state index in [0.29, 0.717) is 18.4 Å². The summed E-state index contributed by atoms with van der Waals surface area (Å²) in [6.45, 7) is 4.22. The maximum Gasteiger partial charge on any atom is 0.264 e. The van der Waals surface area contributed by atoms with Crippen molar-refractivity contribution < 1.29 is 9.26 Å². The Bertz CT molecular complexity index is 564. The van der Waals surface area contributed by atoms with Crippen molar-refractivity contribution >= 4 is 0 Å². The van der Waals surface area contributed by atoms with Gasteiger partial charge in [0.25, 0.3) is 5.89 Å². The van der Waals surface area contributed by atoms with Crippen molar-refractivity contribution in [3.8, 4) is 5.75 Å². The fraction of sp³-hybridized carbons (Fsp3) is 0.467. The molecule has 106 valence electrons. The molecule has 3 rings (SSSR count). The van der Waals surface area contributed by atoms with Crippen LogP contribution < -0.4 is 10.1 Å². The number of hydrogen-bond donors (Lipinski definition) is 1. The molecular weight excluding hydrogens is 254 g/mol. The quantitative estimate of drug-likeness (QED) is 0.840. The highest BCUT2D eigenvalue weighted by atomic mass is 16.5. The van der Waals surface area contributed by atoms with Crippen LogP contribution in [0.2, 0.25) is 0 Å². The van der Waals surface area contributed by atoms with E-state index in [1.165, 1.54) is 18.4 Å². The molecule has 1 saturated carbocycles. The van der Waals surface area contributed by atoms with Gasteiger partial charge in [0.2, 0.25) is 0 Å². The third kappa shape index (κ3) is 3.36. The Morgan fingerprint density at radius 3 is 3.10 bits per heavy atom. The van der Waals surface area contributed by atoms with Crippen LogP contribution in [0, 0.1) is 0 Å². The van der Waals surface area contributed by atoms with E-state index >= 15 is 0 Å². The zero-order valence-corrected chi connectivity index (χ0v) is 11.6. The van der Waals surface area contributed by atoms with Gasteiger partial charge < -0.3 is 14.6 Å². The van der Waals surface area contributed by atoms with Crippen LogP contribution in [-0.4, -0.2) is 16.7 Å². The third-order valence-corrected chi connectivity index (χ3v) is 3.27. The minimum Gasteiger partial charge on any atom is -0.484 e. The van der Waals surface area contributed by atoms with Crippen molar-refractivity contribution in [2.24, 2.45) is 0 Å². The van der Waals surface area contributed by atoms with Gasteiger partial charge in [0.15, 0.2) is 12.4 Å². The first kappa shape index (κ1) is 13.1. The number of nitrogens with zero attached hydrogens (tertiary/aromatic N) is 2. The molecule has 0 amide bonds. The van der Waals surface area contributed by atoms with Crippen molar-refractivity contribution in [2.45, 2.75) is 38.8 Å². The van der Waals surface area contributed by atoms with Crippen LogP contribution >= 0.6 is 0 Å². The molecule has 0 unspecified atom stereocenters. The van der Waals surface area contributed by atoms with Gasteiger partial charge in [0.1, 0.15) is 5.75 Å². The van der Waals surface area contributed by atoms with Gasteiger partial charge in [-0.2, -0.15) is 4.98 Å². The van der Waals surface area contributed by atoms with Gasteiger partial charge in [-0.3, -0.25) is 0 Å². The van der Waals surface area contributed by atoms with E-state index in [1.54, 1.807) is 0 Å². The largest absolute Gasteiger partial charge is 0.484 e. The smallest absolute Gasteiger partial charge is 0.264 e. The molecule has 0 atom stereocenters. The molecular formula is C15H19N3O2. The maximum atomic E-state index is 5.70. The summed E-state index contributed by atoms with van der Waals surface area (Å²) in [7, 11) is 0. The molecule has 1 heterocycles. The van der Waals surface area contributed by atoms with Gasteiger partial charge in [0.05, 0.1) is 0 Å². The number of hydrogen-bond acceptors (Lipinski definition) is 5. The van der Waals surface area contributed by atoms with Crippen LogP contribution in [0.5, 0.6) is 5.75 Å². The molecule has 20 heavy (non-hydrogen) atoms. The third-order valence-electron chi connectivity index (χ3n) is 3.27. The van der Waals surface area contributed by atoms with Gasteiger partial charge in [-0.05, 0) is 37.1 Å². The second-order valence-corrected chi connectivity index (χ2v) is 5.04. The van der Waals surface area contributed by atoms with Gasteiger partial charge in [-0.15, -0.1) is 0 Å². The van der Waals surface area contributed by atoms with E-state index in [0.717, 1.165) is 24.7 Å². The zero-order valence-electron chi connectivity index (χ0n) is 11.6. The van der Waals surface area contributed by atoms with E-state index in [9.17, 15) is 0 Å². The number of aromatic nitrogens is 2. The lowest BCUT2D eigenvalue weighted by Gasteiger charge is -2.06. The van der Waals surface area contributed by atoms with Gasteiger partial charge in [-0.25, -0.2) is 0 Å². The molecule has 0 bridgehead atoms. The van der Waals surface area contributed by atoms with Crippen molar-refractivity contribution in [3.05, 3.63) is 41.5 Å². The van der Waals surface area contributed by atoms with Crippen LogP contribution in [0.4, 0.5) is 0 Å². The van der Waals surface area contributed by atoms with E-state index < -0.39 is 0 Å². The summed E-state index contributed by atoms with van der Waals surface area (Å²) in [5.74, 6) is 2.70. The molecule has 5 nitrogen and oxygen atoms in total. The fourth-order valence-electron chi connectivity index (χ4n) is 1.99. The van der Waals surface area contributed by atoms with E-state index in [1.807, 2.05) is 18.2 Å². The summed E-state index contributed by atoms with van der Waals surface area (Å²) in [6.07, 6.45) is 2.35. The maximum absolute atomic E-state index is 5.70. The summed E-state index contributed by atoms with van der Waals surface area (Å²) >= 11 is 0. The van der Waals surface area contributed by atoms with Crippen LogP contribution in [0.3, 0.4) is 0 Å². The monoisotopic (exact) mass is 273 g/mol. The van der Waals surface area contributed by atoms with Crippen LogP contribution in [0.15, 0.2) is 28.8 Å². The zero-order chi connectivity index (χ0) is 13.8. The molecule has 1 aromatic carbocycles. The molecule has 0 spiro atoms. The Kier molecular flexibility index (Phi) is 3.97. The first-order valence-corrected chi connectivity index (χ1v) is 7.10. The lowest BCUT2D eigenvalue weighted by atomic mass is 10.2. The summed E-state index contributed by atoms with van der Waals surface area (Å²) in [5.41, 5.74) is 1.20. The van der Waals surface area contributed by atoms with E-state index in [-0.39, 0.29) is 0 Å². The topological polar surface area (TPSA) is 60.2 Å². The molecule has 1 fully saturated rings. The van der Waals surface area contributed by atoms with Crippen molar-refractivity contribution in [1.82, 2.24) is 15.5 Å². The molecule has 1 aliphatic carbocycles. The summed E-state index contributed by atoms with van der Waals surface area (Å²) in [4.78, 5) is 4.34. The predicted molar refractivity (Wildman–Crippen MR) is 74.4 cm³/mol. The Hall–Kier alpha value is -1.88. The molecule has 0 radical (unpaired) electrons. The Labute approximate surface area is 118 Å². The van der Waals surface area contributed by atoms with Crippen molar-refractivity contribution in [3.63, 3.8) is 0 Å². The Balaban J connectivity index is 1.56. The molecule has 5 heteroatoms. The number of rotatable bonds is 7. The van der Waals surface area contributed by atoms with Gasteiger partial charge in [-0.1, -0.05) is 24.2 Å². The minimum atomic E-state index is 0.324. The predicted octanol–water partition coefficient (Wildman–Crippen LogP) is 2.64. The van der Waals surface area contributed by atoms with Gasteiger partial charge >= 0.3 is 0 Å². The SMILES string of the molecule is CCNCc1cccc(OCc2nc(C3CC3)no2)c1. The summed E-state index contributed by atoms with van der Waals surface area (Å²) in [5, 5.41) is 7.26. The average Bonchev–Trinajstić information content (AvgIpc) is 3.22. The lowest BCUT2D eigenvalue weighted by Crippen LogP contribution is -2.11. The van der Waals surface area contributed by atoms with Gasteiger partial charge in [0, 0.05) is 12.5 Å². The number of nitrogens with one attached hydrogen (secondary N) is 1. The summed E-state index contributed by atoms with van der Waals surface area (Å²) in [6, 6.07) is 8.04. The number of ether oxygens (including phenoxy) is 1. The summed E-state index contributed by atoms with van der Waals surface area (Å²) < 4.78 is 10.9. The molecule has 1 aromatic heterocycles. The second-order valence-electron chi connectivity index (χ2n) is 5.04. The van der Waals surface area contributed by atoms with Crippen LogP contribution in [0.25, 0.3) is 0 Å². The first-order valence-electron chi connectivity index (χ1n) is 7.10. The fourth-order valence-corrected chi connectivity index (χ4v) is 1.99. The van der Waals surface area contributed by atoms with E-state index in [2.05, 4.69) is 28.4 Å². The number of benzene rings is 1. The van der Waals surface area contributed by atoms with Crippen LogP contribution in [0.1, 0.15) is 43.0 Å². The van der Waals surface area contributed by atoms with Crippen molar-refractivity contribution in [1.29, 1.82) is 0 Å². The molecule has 1 N–H and O–H groups in total. The lowest BCUT2D eigenvalue weighted by molar-refractivity contribution is 0.242. The molecule has 0 saturated heterocycles. The Morgan fingerprint density at radius 1 is 1.40 bits per heavy atom. The average molecular weight is 273 g/mol. The highest BCUT2D eigenvalue weighted by molar-refractivity contribution is 5.28.